The minimum atomic E-state index is -3.78. The summed E-state index contributed by atoms with van der Waals surface area (Å²) in [7, 11) is -3.78. The predicted octanol–water partition coefficient (Wildman–Crippen LogP) is 3.24. The molecule has 0 aliphatic carbocycles. The standard InChI is InChI=1S/C25H31N3O5S/c1-5-21-23(29)26-20-16-19(10-11-22(20)33-21)34(31,32)28-14-12-27(13-15-28)24(30)17-6-8-18(9-7-17)25(2,3)4/h6-11,16,21H,5,12-15H2,1-4H3,(H,26,29)/t21-/m0/s1. The molecule has 2 aliphatic rings. The van der Waals surface area contributed by atoms with Crippen LogP contribution in [0.15, 0.2) is 47.4 Å². The van der Waals surface area contributed by atoms with Crippen LogP contribution in [0.25, 0.3) is 0 Å². The summed E-state index contributed by atoms with van der Waals surface area (Å²) >= 11 is 0. The summed E-state index contributed by atoms with van der Waals surface area (Å²) < 4.78 is 33.5. The summed E-state index contributed by atoms with van der Waals surface area (Å²) in [6.07, 6.45) is -0.0556. The van der Waals surface area contributed by atoms with Crippen molar-refractivity contribution in [3.63, 3.8) is 0 Å². The largest absolute Gasteiger partial charge is 0.478 e. The van der Waals surface area contributed by atoms with Crippen molar-refractivity contribution >= 4 is 27.5 Å². The first kappa shape index (κ1) is 24.2. The van der Waals surface area contributed by atoms with Crippen LogP contribution in [0.4, 0.5) is 5.69 Å². The van der Waals surface area contributed by atoms with Crippen LogP contribution in [-0.4, -0.2) is 61.7 Å². The molecule has 182 valence electrons. The Hall–Kier alpha value is -2.91. The number of ether oxygens (including phenoxy) is 1. The van der Waals surface area contributed by atoms with Crippen LogP contribution in [0.5, 0.6) is 5.75 Å². The molecule has 0 aromatic heterocycles. The van der Waals surface area contributed by atoms with E-state index in [-0.39, 0.29) is 35.2 Å². The Morgan fingerprint density at radius 1 is 1.06 bits per heavy atom. The molecule has 0 unspecified atom stereocenters. The molecule has 1 saturated heterocycles. The molecule has 34 heavy (non-hydrogen) atoms. The molecule has 0 radical (unpaired) electrons. The Morgan fingerprint density at radius 2 is 1.71 bits per heavy atom. The maximum Gasteiger partial charge on any atom is 0.265 e. The van der Waals surface area contributed by atoms with Gasteiger partial charge in [0.1, 0.15) is 5.75 Å². The van der Waals surface area contributed by atoms with Crippen LogP contribution in [-0.2, 0) is 20.2 Å². The van der Waals surface area contributed by atoms with E-state index in [9.17, 15) is 18.0 Å². The van der Waals surface area contributed by atoms with E-state index < -0.39 is 16.1 Å². The van der Waals surface area contributed by atoms with Crippen LogP contribution in [0, 0.1) is 0 Å². The Labute approximate surface area is 200 Å². The average molecular weight is 486 g/mol. The van der Waals surface area contributed by atoms with Crippen LogP contribution in [0.1, 0.15) is 50.0 Å². The molecule has 2 aromatic carbocycles. The van der Waals surface area contributed by atoms with Gasteiger partial charge in [-0.25, -0.2) is 8.42 Å². The molecule has 9 heteroatoms. The van der Waals surface area contributed by atoms with E-state index in [0.717, 1.165) is 5.56 Å². The van der Waals surface area contributed by atoms with Crippen molar-refractivity contribution in [3.05, 3.63) is 53.6 Å². The lowest BCUT2D eigenvalue weighted by atomic mass is 9.86. The summed E-state index contributed by atoms with van der Waals surface area (Å²) in [6.45, 7) is 9.22. The molecule has 2 aliphatic heterocycles. The number of sulfonamides is 1. The Kier molecular flexibility index (Phi) is 6.44. The molecule has 1 N–H and O–H groups in total. The molecule has 0 saturated carbocycles. The van der Waals surface area contributed by atoms with Crippen LogP contribution in [0.3, 0.4) is 0 Å². The lowest BCUT2D eigenvalue weighted by Gasteiger charge is -2.34. The molecule has 4 rings (SSSR count). The Morgan fingerprint density at radius 3 is 2.29 bits per heavy atom. The summed E-state index contributed by atoms with van der Waals surface area (Å²) in [5.41, 5.74) is 2.10. The second-order valence-electron chi connectivity index (χ2n) is 9.69. The second kappa shape index (κ2) is 9.03. The molecule has 0 bridgehead atoms. The number of anilines is 1. The number of amides is 2. The van der Waals surface area contributed by atoms with Crippen molar-refractivity contribution in [2.75, 3.05) is 31.5 Å². The van der Waals surface area contributed by atoms with E-state index in [1.54, 1.807) is 11.0 Å². The van der Waals surface area contributed by atoms with Gasteiger partial charge in [-0.15, -0.1) is 0 Å². The third-order valence-corrected chi connectivity index (χ3v) is 8.20. The van der Waals surface area contributed by atoms with Crippen molar-refractivity contribution in [3.8, 4) is 5.75 Å². The number of fused-ring (bicyclic) bond motifs is 1. The smallest absolute Gasteiger partial charge is 0.265 e. The van der Waals surface area contributed by atoms with Gasteiger partial charge < -0.3 is 15.0 Å². The lowest BCUT2D eigenvalue weighted by molar-refractivity contribution is -0.123. The summed E-state index contributed by atoms with van der Waals surface area (Å²) in [4.78, 5) is 26.8. The quantitative estimate of drug-likeness (QED) is 0.717. The second-order valence-corrected chi connectivity index (χ2v) is 11.6. The fourth-order valence-electron chi connectivity index (χ4n) is 4.13. The van der Waals surface area contributed by atoms with Gasteiger partial charge in [0.2, 0.25) is 10.0 Å². The summed E-state index contributed by atoms with van der Waals surface area (Å²) in [6, 6.07) is 12.1. The minimum Gasteiger partial charge on any atom is -0.478 e. The van der Waals surface area contributed by atoms with E-state index in [1.165, 1.54) is 16.4 Å². The van der Waals surface area contributed by atoms with Gasteiger partial charge in [0, 0.05) is 31.7 Å². The first-order valence-electron chi connectivity index (χ1n) is 11.5. The highest BCUT2D eigenvalue weighted by Crippen LogP contribution is 2.33. The Bertz CT molecular complexity index is 1190. The zero-order valence-electron chi connectivity index (χ0n) is 20.0. The maximum absolute atomic E-state index is 13.2. The fraction of sp³-hybridized carbons (Fsp3) is 0.440. The third-order valence-electron chi connectivity index (χ3n) is 6.30. The highest BCUT2D eigenvalue weighted by Gasteiger charge is 2.33. The molecule has 2 amide bonds. The van der Waals surface area contributed by atoms with Gasteiger partial charge in [0.15, 0.2) is 6.10 Å². The molecule has 1 atom stereocenters. The monoisotopic (exact) mass is 485 g/mol. The number of benzene rings is 2. The van der Waals surface area contributed by atoms with Crippen molar-refractivity contribution < 1.29 is 22.7 Å². The van der Waals surface area contributed by atoms with Crippen molar-refractivity contribution in [2.24, 2.45) is 0 Å². The molecular weight excluding hydrogens is 454 g/mol. The van der Waals surface area contributed by atoms with Crippen molar-refractivity contribution in [1.82, 2.24) is 9.21 Å². The number of nitrogens with one attached hydrogen (secondary N) is 1. The van der Waals surface area contributed by atoms with Gasteiger partial charge in [0.05, 0.1) is 10.6 Å². The number of carbonyl (C=O) groups is 2. The normalized spacial score (nSPS) is 19.2. The van der Waals surface area contributed by atoms with Crippen molar-refractivity contribution in [2.45, 2.75) is 50.5 Å². The summed E-state index contributed by atoms with van der Waals surface area (Å²) in [5.74, 6) is 0.0714. The highest BCUT2D eigenvalue weighted by molar-refractivity contribution is 7.89. The molecule has 2 heterocycles. The first-order valence-corrected chi connectivity index (χ1v) is 13.0. The highest BCUT2D eigenvalue weighted by atomic mass is 32.2. The summed E-state index contributed by atoms with van der Waals surface area (Å²) in [5, 5.41) is 2.73. The van der Waals surface area contributed by atoms with Crippen molar-refractivity contribution in [1.29, 1.82) is 0 Å². The lowest BCUT2D eigenvalue weighted by Crippen LogP contribution is -2.50. The average Bonchev–Trinajstić information content (AvgIpc) is 2.82. The zero-order chi connectivity index (χ0) is 24.7. The van der Waals surface area contributed by atoms with Crippen LogP contribution >= 0.6 is 0 Å². The van der Waals surface area contributed by atoms with E-state index in [1.807, 2.05) is 31.2 Å². The predicted molar refractivity (Wildman–Crippen MR) is 130 cm³/mol. The Balaban J connectivity index is 1.43. The van der Waals surface area contributed by atoms with E-state index in [2.05, 4.69) is 26.1 Å². The van der Waals surface area contributed by atoms with E-state index in [4.69, 9.17) is 4.74 Å². The molecule has 8 nitrogen and oxygen atoms in total. The molecule has 2 aromatic rings. The van der Waals surface area contributed by atoms with Gasteiger partial charge in [-0.3, -0.25) is 9.59 Å². The molecule has 1 fully saturated rings. The SMILES string of the molecule is CC[C@@H]1Oc2ccc(S(=O)(=O)N3CCN(C(=O)c4ccc(C(C)(C)C)cc4)CC3)cc2NC1=O. The van der Waals surface area contributed by atoms with Gasteiger partial charge in [0.25, 0.3) is 11.8 Å². The number of hydrogen-bond acceptors (Lipinski definition) is 5. The van der Waals surface area contributed by atoms with Crippen LogP contribution < -0.4 is 10.1 Å². The zero-order valence-corrected chi connectivity index (χ0v) is 20.8. The van der Waals surface area contributed by atoms with Gasteiger partial charge >= 0.3 is 0 Å². The third kappa shape index (κ3) is 4.67. The van der Waals surface area contributed by atoms with Gasteiger partial charge in [-0.05, 0) is 47.7 Å². The molecular formula is C25H31N3O5S. The fourth-order valence-corrected chi connectivity index (χ4v) is 5.58. The number of piperazine rings is 1. The topological polar surface area (TPSA) is 96.0 Å². The minimum absolute atomic E-state index is 0.00485. The van der Waals surface area contributed by atoms with E-state index >= 15 is 0 Å². The van der Waals surface area contributed by atoms with Crippen LogP contribution in [0.2, 0.25) is 0 Å². The van der Waals surface area contributed by atoms with Gasteiger partial charge in [-0.1, -0.05) is 39.8 Å². The van der Waals surface area contributed by atoms with E-state index in [0.29, 0.717) is 36.5 Å². The first-order chi connectivity index (χ1) is 16.0. The number of carbonyl (C=O) groups excluding carboxylic acids is 2. The van der Waals surface area contributed by atoms with Gasteiger partial charge in [-0.2, -0.15) is 4.31 Å². The maximum atomic E-state index is 13.2. The number of nitrogens with zero attached hydrogens (tertiary/aromatic N) is 2. The number of rotatable bonds is 4. The number of hydrogen-bond donors (Lipinski definition) is 1. The molecule has 0 spiro atoms.